The molecule has 0 atom stereocenters. The van der Waals surface area contributed by atoms with Gasteiger partial charge in [0.25, 0.3) is 0 Å². The minimum Gasteiger partial charge on any atom is -0.443 e. The normalized spacial score (nSPS) is 11.9. The van der Waals surface area contributed by atoms with Crippen molar-refractivity contribution < 1.29 is 4.42 Å². The van der Waals surface area contributed by atoms with Gasteiger partial charge in [-0.05, 0) is 39.1 Å². The molecule has 0 aliphatic carbocycles. The summed E-state index contributed by atoms with van der Waals surface area (Å²) < 4.78 is 5.49. The molecule has 2 aromatic rings. The number of rotatable bonds is 4. The first-order valence-corrected chi connectivity index (χ1v) is 7.90. The zero-order chi connectivity index (χ0) is 15.3. The van der Waals surface area contributed by atoms with Gasteiger partial charge in [0.1, 0.15) is 12.0 Å². The molecule has 22 heavy (non-hydrogen) atoms. The highest BCUT2D eigenvalue weighted by molar-refractivity contribution is 14.0. The van der Waals surface area contributed by atoms with Crippen LogP contribution in [0.3, 0.4) is 0 Å². The summed E-state index contributed by atoms with van der Waals surface area (Å²) in [5, 5.41) is 8.58. The smallest absolute Gasteiger partial charge is 0.236 e. The van der Waals surface area contributed by atoms with E-state index in [-0.39, 0.29) is 29.5 Å². The highest BCUT2D eigenvalue weighted by Gasteiger charge is 2.12. The van der Waals surface area contributed by atoms with Crippen molar-refractivity contribution in [1.82, 2.24) is 15.6 Å². The van der Waals surface area contributed by atoms with E-state index in [4.69, 9.17) is 4.42 Å². The molecular weight excluding hydrogens is 411 g/mol. The highest BCUT2D eigenvalue weighted by Crippen LogP contribution is 2.23. The minimum absolute atomic E-state index is 0. The fraction of sp³-hybridized carbons (Fsp3) is 0.467. The average molecular weight is 434 g/mol. The Morgan fingerprint density at radius 2 is 2.18 bits per heavy atom. The van der Waals surface area contributed by atoms with E-state index < -0.39 is 0 Å². The van der Waals surface area contributed by atoms with Gasteiger partial charge in [-0.3, -0.25) is 0 Å². The van der Waals surface area contributed by atoms with Crippen molar-refractivity contribution >= 4 is 41.3 Å². The molecule has 0 spiro atoms. The van der Waals surface area contributed by atoms with Crippen LogP contribution in [-0.2, 0) is 6.54 Å². The molecule has 0 saturated heterocycles. The first-order chi connectivity index (χ1) is 9.98. The maximum Gasteiger partial charge on any atom is 0.236 e. The third kappa shape index (κ3) is 5.96. The van der Waals surface area contributed by atoms with Crippen LogP contribution in [0.2, 0.25) is 0 Å². The number of nitrogens with zero attached hydrogens (tertiary/aromatic N) is 2. The Kier molecular flexibility index (Phi) is 7.34. The van der Waals surface area contributed by atoms with E-state index in [1.54, 1.807) is 17.6 Å². The van der Waals surface area contributed by atoms with Gasteiger partial charge in [0.2, 0.25) is 5.89 Å². The van der Waals surface area contributed by atoms with Crippen LogP contribution >= 0.6 is 35.3 Å². The van der Waals surface area contributed by atoms with Crippen LogP contribution in [-0.4, -0.2) is 23.0 Å². The number of thiophene rings is 1. The van der Waals surface area contributed by atoms with Gasteiger partial charge in [-0.1, -0.05) is 6.07 Å². The van der Waals surface area contributed by atoms with Gasteiger partial charge in [0, 0.05) is 12.1 Å². The molecule has 0 aliphatic rings. The molecule has 0 saturated carbocycles. The van der Waals surface area contributed by atoms with E-state index in [0.29, 0.717) is 12.4 Å². The summed E-state index contributed by atoms with van der Waals surface area (Å²) in [5.41, 5.74) is 0.789. The molecule has 2 heterocycles. The van der Waals surface area contributed by atoms with Crippen LogP contribution < -0.4 is 10.6 Å². The lowest BCUT2D eigenvalue weighted by atomic mass is 10.1. The summed E-state index contributed by atoms with van der Waals surface area (Å²) in [7, 11) is 0. The number of aliphatic imine (C=N–C) groups is 1. The second-order valence-electron chi connectivity index (χ2n) is 5.69. The van der Waals surface area contributed by atoms with Crippen LogP contribution in [0.4, 0.5) is 0 Å². The van der Waals surface area contributed by atoms with Crippen molar-refractivity contribution in [3.05, 3.63) is 29.5 Å². The Morgan fingerprint density at radius 1 is 1.41 bits per heavy atom. The molecule has 0 unspecified atom stereocenters. The molecular formula is C15H23IN4OS. The third-order valence-corrected chi connectivity index (χ3v) is 3.38. The van der Waals surface area contributed by atoms with Crippen molar-refractivity contribution in [1.29, 1.82) is 0 Å². The van der Waals surface area contributed by atoms with Crippen LogP contribution in [0.1, 0.15) is 33.4 Å². The summed E-state index contributed by atoms with van der Waals surface area (Å²) in [6, 6.07) is 3.98. The Morgan fingerprint density at radius 3 is 2.77 bits per heavy atom. The monoisotopic (exact) mass is 434 g/mol. The quantitative estimate of drug-likeness (QED) is 0.436. The third-order valence-electron chi connectivity index (χ3n) is 2.52. The number of oxazole rings is 1. The Bertz CT molecular complexity index is 587. The number of hydrogen-bond acceptors (Lipinski definition) is 4. The Hall–Kier alpha value is -1.09. The van der Waals surface area contributed by atoms with Crippen LogP contribution in [0, 0.1) is 0 Å². The summed E-state index contributed by atoms with van der Waals surface area (Å²) in [6.45, 7) is 9.66. The van der Waals surface area contributed by atoms with Crippen molar-refractivity contribution in [3.63, 3.8) is 0 Å². The number of nitrogens with one attached hydrogen (secondary N) is 2. The molecule has 0 radical (unpaired) electrons. The molecule has 5 nitrogen and oxygen atoms in total. The molecule has 0 bridgehead atoms. The number of guanidine groups is 1. The maximum atomic E-state index is 5.49. The molecule has 2 aromatic heterocycles. The van der Waals surface area contributed by atoms with E-state index in [1.807, 2.05) is 24.4 Å². The summed E-state index contributed by atoms with van der Waals surface area (Å²) in [4.78, 5) is 10.0. The molecule has 0 aromatic carbocycles. The van der Waals surface area contributed by atoms with Crippen molar-refractivity contribution in [3.8, 4) is 10.8 Å². The van der Waals surface area contributed by atoms with Crippen molar-refractivity contribution in [2.75, 3.05) is 6.54 Å². The van der Waals surface area contributed by atoms with Crippen molar-refractivity contribution in [2.24, 2.45) is 4.99 Å². The standard InChI is InChI=1S/C15H22N4OS.HI/c1-5-16-14(19-15(2,3)4)17-9-11-10-20-13(18-11)12-7-6-8-21-12;/h6-8,10H,5,9H2,1-4H3,(H2,16,17,19);1H. The summed E-state index contributed by atoms with van der Waals surface area (Å²) in [6.07, 6.45) is 1.67. The van der Waals surface area contributed by atoms with E-state index in [9.17, 15) is 0 Å². The fourth-order valence-corrected chi connectivity index (χ4v) is 2.37. The van der Waals surface area contributed by atoms with Gasteiger partial charge < -0.3 is 15.1 Å². The number of hydrogen-bond donors (Lipinski definition) is 2. The van der Waals surface area contributed by atoms with Crippen LogP contribution in [0.15, 0.2) is 33.2 Å². The van der Waals surface area contributed by atoms with Gasteiger partial charge >= 0.3 is 0 Å². The fourth-order valence-electron chi connectivity index (χ4n) is 1.72. The van der Waals surface area contributed by atoms with Gasteiger partial charge in [-0.15, -0.1) is 35.3 Å². The molecule has 0 fully saturated rings. The summed E-state index contributed by atoms with van der Waals surface area (Å²) >= 11 is 1.61. The lowest BCUT2D eigenvalue weighted by Gasteiger charge is -2.23. The van der Waals surface area contributed by atoms with Gasteiger partial charge in [0.15, 0.2) is 5.96 Å². The van der Waals surface area contributed by atoms with E-state index in [0.717, 1.165) is 23.1 Å². The zero-order valence-corrected chi connectivity index (χ0v) is 16.5. The predicted octanol–water partition coefficient (Wildman–Crippen LogP) is 3.87. The molecule has 122 valence electrons. The second kappa shape index (κ2) is 8.52. The molecule has 0 aliphatic heterocycles. The Balaban J connectivity index is 0.00000242. The topological polar surface area (TPSA) is 62.5 Å². The van der Waals surface area contributed by atoms with E-state index in [1.165, 1.54) is 0 Å². The van der Waals surface area contributed by atoms with E-state index >= 15 is 0 Å². The van der Waals surface area contributed by atoms with Crippen LogP contribution in [0.5, 0.6) is 0 Å². The molecule has 2 rings (SSSR count). The molecule has 0 amide bonds. The first-order valence-electron chi connectivity index (χ1n) is 7.02. The lowest BCUT2D eigenvalue weighted by Crippen LogP contribution is -2.47. The van der Waals surface area contributed by atoms with Crippen molar-refractivity contribution in [2.45, 2.75) is 39.8 Å². The second-order valence-corrected chi connectivity index (χ2v) is 6.64. The SMILES string of the molecule is CCNC(=NCc1coc(-c2cccs2)n1)NC(C)(C)C.I. The van der Waals surface area contributed by atoms with Crippen LogP contribution in [0.25, 0.3) is 10.8 Å². The van der Waals surface area contributed by atoms with E-state index in [2.05, 4.69) is 41.4 Å². The highest BCUT2D eigenvalue weighted by atomic mass is 127. The summed E-state index contributed by atoms with van der Waals surface area (Å²) in [5.74, 6) is 1.44. The number of halogens is 1. The zero-order valence-electron chi connectivity index (χ0n) is 13.3. The molecule has 7 heteroatoms. The predicted molar refractivity (Wildman–Crippen MR) is 103 cm³/mol. The van der Waals surface area contributed by atoms with Gasteiger partial charge in [-0.2, -0.15) is 0 Å². The lowest BCUT2D eigenvalue weighted by molar-refractivity contribution is 0.501. The number of aromatic nitrogens is 1. The minimum atomic E-state index is -0.0348. The largest absolute Gasteiger partial charge is 0.443 e. The average Bonchev–Trinajstić information content (AvgIpc) is 3.05. The van der Waals surface area contributed by atoms with Gasteiger partial charge in [-0.25, -0.2) is 9.98 Å². The first kappa shape index (κ1) is 19.0. The van der Waals surface area contributed by atoms with Gasteiger partial charge in [0.05, 0.1) is 11.4 Å². The Labute approximate surface area is 152 Å². The molecule has 2 N–H and O–H groups in total. The maximum absolute atomic E-state index is 5.49.